The number of carbonyl (C=O) groups is 1. The minimum Gasteiger partial charge on any atom is -0.360 e. The first-order valence-electron chi connectivity index (χ1n) is 6.75. The lowest BCUT2D eigenvalue weighted by molar-refractivity contribution is 0.103. The Hall–Kier alpha value is -1.53. The summed E-state index contributed by atoms with van der Waals surface area (Å²) in [5.41, 5.74) is 0.566. The molecule has 1 atom stereocenters. The van der Waals surface area contributed by atoms with E-state index < -0.39 is 16.6 Å². The molecule has 2 aromatic rings. The Balaban J connectivity index is 2.06. The van der Waals surface area contributed by atoms with Crippen LogP contribution in [0.2, 0.25) is 5.02 Å². The molecule has 1 heterocycles. The molecular weight excluding hydrogens is 329 g/mol. The van der Waals surface area contributed by atoms with Crippen molar-refractivity contribution >= 4 is 28.2 Å². The predicted molar refractivity (Wildman–Crippen MR) is 81.1 cm³/mol. The van der Waals surface area contributed by atoms with Gasteiger partial charge in [0.15, 0.2) is 11.5 Å². The lowest BCUT2D eigenvalue weighted by Gasteiger charge is -2.10. The molecule has 0 spiro atoms. The number of ketones is 1. The monoisotopic (exact) mass is 341 g/mol. The molecule has 7 heteroatoms. The van der Waals surface area contributed by atoms with Crippen molar-refractivity contribution in [1.29, 1.82) is 0 Å². The van der Waals surface area contributed by atoms with Gasteiger partial charge in [0, 0.05) is 34.1 Å². The molecule has 0 radical (unpaired) electrons. The van der Waals surface area contributed by atoms with Gasteiger partial charge in [0.05, 0.1) is 22.5 Å². The normalized spacial score (nSPS) is 15.8. The minimum atomic E-state index is -1.30. The molecule has 1 unspecified atom stereocenters. The maximum atomic E-state index is 14.2. The molecule has 3 rings (SSSR count). The van der Waals surface area contributed by atoms with Crippen LogP contribution in [0, 0.1) is 5.82 Å². The van der Waals surface area contributed by atoms with Gasteiger partial charge in [0.2, 0.25) is 0 Å². The Morgan fingerprint density at radius 2 is 2.18 bits per heavy atom. The molecule has 1 saturated carbocycles. The Morgan fingerprint density at radius 1 is 1.45 bits per heavy atom. The Morgan fingerprint density at radius 3 is 2.82 bits per heavy atom. The van der Waals surface area contributed by atoms with E-state index in [4.69, 9.17) is 16.1 Å². The van der Waals surface area contributed by atoms with Gasteiger partial charge in [-0.25, -0.2) is 4.39 Å². The molecule has 4 nitrogen and oxygen atoms in total. The number of carbonyl (C=O) groups excluding carboxylic acids is 1. The van der Waals surface area contributed by atoms with E-state index in [9.17, 15) is 13.4 Å². The first-order valence-corrected chi connectivity index (χ1v) is 8.85. The maximum Gasteiger partial charge on any atom is 0.198 e. The number of rotatable bonds is 5. The second-order valence-corrected chi connectivity index (χ2v) is 7.15. The topological polar surface area (TPSA) is 60.2 Å². The number of aromatic nitrogens is 1. The van der Waals surface area contributed by atoms with Gasteiger partial charge in [-0.3, -0.25) is 9.00 Å². The van der Waals surface area contributed by atoms with Crippen molar-refractivity contribution in [3.63, 3.8) is 0 Å². The van der Waals surface area contributed by atoms with Crippen molar-refractivity contribution in [2.75, 3.05) is 6.26 Å². The summed E-state index contributed by atoms with van der Waals surface area (Å²) in [4.78, 5) is 12.7. The third kappa shape index (κ3) is 2.85. The first kappa shape index (κ1) is 15.4. The van der Waals surface area contributed by atoms with E-state index in [0.29, 0.717) is 11.3 Å². The van der Waals surface area contributed by atoms with E-state index in [-0.39, 0.29) is 33.6 Å². The number of nitrogens with zero attached hydrogens (tertiary/aromatic N) is 1. The van der Waals surface area contributed by atoms with Crippen molar-refractivity contribution in [2.24, 2.45) is 0 Å². The zero-order chi connectivity index (χ0) is 15.9. The molecule has 0 aliphatic heterocycles. The van der Waals surface area contributed by atoms with Crippen LogP contribution in [0.15, 0.2) is 22.9 Å². The highest BCUT2D eigenvalue weighted by atomic mass is 35.5. The molecule has 1 aromatic heterocycles. The molecule has 1 aromatic carbocycles. The van der Waals surface area contributed by atoms with Gasteiger partial charge in [-0.2, -0.15) is 0 Å². The third-order valence-corrected chi connectivity index (χ3v) is 4.57. The average molecular weight is 342 g/mol. The van der Waals surface area contributed by atoms with Crippen molar-refractivity contribution in [3.05, 3.63) is 51.6 Å². The van der Waals surface area contributed by atoms with Crippen LogP contribution >= 0.6 is 11.6 Å². The molecule has 1 aliphatic rings. The van der Waals surface area contributed by atoms with Gasteiger partial charge in [-0.15, -0.1) is 0 Å². The number of benzene rings is 1. The standard InChI is InChI=1S/C15H13ClFNO3S/c1-22(20)7-11-9(4-5-12(16)13(11)17)14(19)10-6-18-21-15(10)8-2-3-8/h4-6,8H,2-3,7H2,1H3. The van der Waals surface area contributed by atoms with Crippen LogP contribution in [0.25, 0.3) is 0 Å². The second kappa shape index (κ2) is 5.93. The zero-order valence-corrected chi connectivity index (χ0v) is 13.3. The predicted octanol–water partition coefficient (Wildman–Crippen LogP) is 3.45. The van der Waals surface area contributed by atoms with Crippen LogP contribution in [-0.2, 0) is 16.6 Å². The Kier molecular flexibility index (Phi) is 4.14. The van der Waals surface area contributed by atoms with Crippen molar-refractivity contribution in [3.8, 4) is 0 Å². The molecular formula is C15H13ClFNO3S. The number of hydrogen-bond acceptors (Lipinski definition) is 4. The summed E-state index contributed by atoms with van der Waals surface area (Å²) in [6.45, 7) is 0. The van der Waals surface area contributed by atoms with Crippen LogP contribution in [0.1, 0.15) is 46.0 Å². The van der Waals surface area contributed by atoms with Crippen LogP contribution in [0.3, 0.4) is 0 Å². The summed E-state index contributed by atoms with van der Waals surface area (Å²) >= 11 is 5.77. The molecule has 0 bridgehead atoms. The summed E-state index contributed by atoms with van der Waals surface area (Å²) in [6.07, 6.45) is 4.71. The SMILES string of the molecule is CS(=O)Cc1c(C(=O)c2cnoc2C2CC2)ccc(Cl)c1F. The van der Waals surface area contributed by atoms with Gasteiger partial charge < -0.3 is 4.52 Å². The average Bonchev–Trinajstić information content (AvgIpc) is 3.20. The molecule has 0 amide bonds. The number of halogens is 2. The lowest BCUT2D eigenvalue weighted by atomic mass is 9.98. The summed E-state index contributed by atoms with van der Waals surface area (Å²) in [7, 11) is -1.30. The van der Waals surface area contributed by atoms with Crippen molar-refractivity contribution < 1.29 is 17.9 Å². The van der Waals surface area contributed by atoms with Crippen LogP contribution in [-0.4, -0.2) is 21.4 Å². The fourth-order valence-electron chi connectivity index (χ4n) is 2.35. The van der Waals surface area contributed by atoms with Gasteiger partial charge in [-0.1, -0.05) is 16.8 Å². The quantitative estimate of drug-likeness (QED) is 0.781. The minimum absolute atomic E-state index is 0.0706. The van der Waals surface area contributed by atoms with E-state index in [1.807, 2.05) is 0 Å². The fourth-order valence-corrected chi connectivity index (χ4v) is 3.22. The van der Waals surface area contributed by atoms with E-state index in [1.54, 1.807) is 0 Å². The Bertz CT molecular complexity index is 770. The number of hydrogen-bond donors (Lipinski definition) is 0. The van der Waals surface area contributed by atoms with Gasteiger partial charge in [0.25, 0.3) is 0 Å². The van der Waals surface area contributed by atoms with Crippen molar-refractivity contribution in [2.45, 2.75) is 24.5 Å². The first-order chi connectivity index (χ1) is 10.5. The fraction of sp³-hybridized carbons (Fsp3) is 0.333. The summed E-state index contributed by atoms with van der Waals surface area (Å²) in [5, 5.41) is 3.59. The molecule has 116 valence electrons. The van der Waals surface area contributed by atoms with E-state index >= 15 is 0 Å². The molecule has 0 N–H and O–H groups in total. The summed E-state index contributed by atoms with van der Waals surface area (Å²) in [5.74, 6) is -0.394. The van der Waals surface area contributed by atoms with Crippen LogP contribution in [0.4, 0.5) is 4.39 Å². The van der Waals surface area contributed by atoms with E-state index in [0.717, 1.165) is 12.8 Å². The van der Waals surface area contributed by atoms with Crippen molar-refractivity contribution in [1.82, 2.24) is 5.16 Å². The maximum absolute atomic E-state index is 14.2. The van der Waals surface area contributed by atoms with Gasteiger partial charge in [0.1, 0.15) is 5.82 Å². The highest BCUT2D eigenvalue weighted by Crippen LogP contribution is 2.42. The highest BCUT2D eigenvalue weighted by Gasteiger charge is 2.33. The molecule has 22 heavy (non-hydrogen) atoms. The summed E-state index contributed by atoms with van der Waals surface area (Å²) < 4.78 is 30.9. The van der Waals surface area contributed by atoms with Gasteiger partial charge >= 0.3 is 0 Å². The van der Waals surface area contributed by atoms with E-state index in [2.05, 4.69) is 5.16 Å². The van der Waals surface area contributed by atoms with Crippen LogP contribution < -0.4 is 0 Å². The summed E-state index contributed by atoms with van der Waals surface area (Å²) in [6, 6.07) is 2.79. The molecule has 1 fully saturated rings. The van der Waals surface area contributed by atoms with Crippen LogP contribution in [0.5, 0.6) is 0 Å². The Labute approximate surface area is 134 Å². The van der Waals surface area contributed by atoms with Gasteiger partial charge in [-0.05, 0) is 25.0 Å². The third-order valence-electron chi connectivity index (χ3n) is 3.58. The zero-order valence-electron chi connectivity index (χ0n) is 11.8. The van der Waals surface area contributed by atoms with E-state index in [1.165, 1.54) is 24.6 Å². The lowest BCUT2D eigenvalue weighted by Crippen LogP contribution is -2.10. The molecule has 0 saturated heterocycles. The molecule has 1 aliphatic carbocycles. The smallest absolute Gasteiger partial charge is 0.198 e. The highest BCUT2D eigenvalue weighted by molar-refractivity contribution is 7.83. The second-order valence-electron chi connectivity index (χ2n) is 5.31. The largest absolute Gasteiger partial charge is 0.360 e.